The van der Waals surface area contributed by atoms with Crippen LogP contribution in [0.4, 0.5) is 5.82 Å². The summed E-state index contributed by atoms with van der Waals surface area (Å²) in [5.74, 6) is 0.675. The maximum Gasteiger partial charge on any atom is 0.163 e. The lowest BCUT2D eigenvalue weighted by atomic mass is 10.3. The smallest absolute Gasteiger partial charge is 0.163 e. The summed E-state index contributed by atoms with van der Waals surface area (Å²) in [7, 11) is 0. The van der Waals surface area contributed by atoms with Gasteiger partial charge in [0.05, 0.1) is 10.2 Å². The molecule has 19 heavy (non-hydrogen) atoms. The van der Waals surface area contributed by atoms with Crippen LogP contribution in [0.25, 0.3) is 20.1 Å². The minimum atomic E-state index is 0.631. The van der Waals surface area contributed by atoms with Crippen molar-refractivity contribution in [2.75, 3.05) is 5.73 Å². The van der Waals surface area contributed by atoms with E-state index in [1.54, 1.807) is 17.4 Å². The van der Waals surface area contributed by atoms with Crippen molar-refractivity contribution in [2.45, 2.75) is 6.54 Å². The van der Waals surface area contributed by atoms with Gasteiger partial charge in [-0.1, -0.05) is 29.5 Å². The molecule has 96 valence electrons. The number of fused-ring (bicyclic) bond motifs is 1. The van der Waals surface area contributed by atoms with E-state index in [4.69, 9.17) is 18.0 Å². The van der Waals surface area contributed by atoms with Crippen LogP contribution in [0.5, 0.6) is 0 Å². The molecule has 2 aromatic heterocycles. The van der Waals surface area contributed by atoms with E-state index < -0.39 is 0 Å². The highest BCUT2D eigenvalue weighted by Gasteiger charge is 2.14. The van der Waals surface area contributed by atoms with Crippen molar-refractivity contribution in [3.63, 3.8) is 0 Å². The van der Waals surface area contributed by atoms with Crippen LogP contribution < -0.4 is 5.73 Å². The topological polar surface area (TPSA) is 43.8 Å². The second-order valence-corrected chi connectivity index (χ2v) is 6.64. The lowest BCUT2D eigenvalue weighted by Gasteiger charge is -2.00. The molecule has 0 bridgehead atoms. The van der Waals surface area contributed by atoms with Gasteiger partial charge in [0.25, 0.3) is 0 Å². The van der Waals surface area contributed by atoms with Crippen LogP contribution in [0.15, 0.2) is 36.9 Å². The molecule has 0 atom stereocenters. The number of allylic oxidation sites excluding steroid dienone is 1. The summed E-state index contributed by atoms with van der Waals surface area (Å²) in [4.78, 5) is 5.57. The molecule has 0 aliphatic carbocycles. The Kier molecular flexibility index (Phi) is 3.22. The monoisotopic (exact) mass is 305 g/mol. The molecule has 3 nitrogen and oxygen atoms in total. The van der Waals surface area contributed by atoms with Gasteiger partial charge in [-0.3, -0.25) is 0 Å². The molecule has 3 aromatic rings. The van der Waals surface area contributed by atoms with Crippen molar-refractivity contribution in [2.24, 2.45) is 0 Å². The van der Waals surface area contributed by atoms with Crippen molar-refractivity contribution < 1.29 is 0 Å². The van der Waals surface area contributed by atoms with E-state index in [2.05, 4.69) is 17.6 Å². The third-order valence-corrected chi connectivity index (χ3v) is 5.39. The van der Waals surface area contributed by atoms with Crippen LogP contribution >= 0.6 is 34.9 Å². The zero-order chi connectivity index (χ0) is 13.4. The summed E-state index contributed by atoms with van der Waals surface area (Å²) >= 11 is 8.48. The van der Waals surface area contributed by atoms with Crippen molar-refractivity contribution in [3.8, 4) is 9.88 Å². The molecule has 0 aliphatic heterocycles. The van der Waals surface area contributed by atoms with Gasteiger partial charge in [-0.25, -0.2) is 4.98 Å². The van der Waals surface area contributed by atoms with Crippen molar-refractivity contribution in [1.29, 1.82) is 0 Å². The first-order valence-electron chi connectivity index (χ1n) is 5.66. The van der Waals surface area contributed by atoms with E-state index in [9.17, 15) is 0 Å². The molecule has 6 heteroatoms. The number of aromatic nitrogens is 2. The Labute approximate surface area is 123 Å². The molecule has 0 saturated carbocycles. The van der Waals surface area contributed by atoms with Crippen LogP contribution in [-0.4, -0.2) is 9.55 Å². The SMILES string of the molecule is C=CCn1c(N)c(-c2nc3ccccc3s2)sc1=S. The largest absolute Gasteiger partial charge is 0.384 e. The summed E-state index contributed by atoms with van der Waals surface area (Å²) in [5.41, 5.74) is 7.17. The molecule has 0 aliphatic rings. The Bertz CT molecular complexity index is 777. The van der Waals surface area contributed by atoms with Crippen LogP contribution in [0.3, 0.4) is 0 Å². The van der Waals surface area contributed by atoms with E-state index in [0.717, 1.165) is 24.1 Å². The average molecular weight is 305 g/mol. The van der Waals surface area contributed by atoms with E-state index in [-0.39, 0.29) is 0 Å². The highest BCUT2D eigenvalue weighted by molar-refractivity contribution is 7.73. The van der Waals surface area contributed by atoms with E-state index in [1.807, 2.05) is 22.8 Å². The number of para-hydroxylation sites is 1. The van der Waals surface area contributed by atoms with Gasteiger partial charge in [0.15, 0.2) is 3.95 Å². The second kappa shape index (κ2) is 4.88. The van der Waals surface area contributed by atoms with Crippen molar-refractivity contribution in [1.82, 2.24) is 9.55 Å². The Balaban J connectivity index is 2.18. The maximum absolute atomic E-state index is 6.17. The first-order chi connectivity index (χ1) is 9.20. The van der Waals surface area contributed by atoms with Gasteiger partial charge >= 0.3 is 0 Å². The molecule has 0 fully saturated rings. The van der Waals surface area contributed by atoms with Crippen molar-refractivity contribution >= 4 is 50.9 Å². The zero-order valence-corrected chi connectivity index (χ0v) is 12.4. The molecular weight excluding hydrogens is 294 g/mol. The first-order valence-corrected chi connectivity index (χ1v) is 7.71. The third kappa shape index (κ3) is 2.11. The molecular formula is C13H11N3S3. The van der Waals surface area contributed by atoms with Gasteiger partial charge in [0.2, 0.25) is 0 Å². The lowest BCUT2D eigenvalue weighted by Crippen LogP contribution is -2.01. The Hall–Kier alpha value is -1.50. The number of hydrogen-bond acceptors (Lipinski definition) is 5. The van der Waals surface area contributed by atoms with Crippen LogP contribution in [0.2, 0.25) is 0 Å². The van der Waals surface area contributed by atoms with Gasteiger partial charge in [0.1, 0.15) is 15.7 Å². The van der Waals surface area contributed by atoms with Crippen LogP contribution in [-0.2, 0) is 6.54 Å². The summed E-state index contributed by atoms with van der Waals surface area (Å²) < 4.78 is 3.80. The average Bonchev–Trinajstić information content (AvgIpc) is 2.94. The number of hydrogen-bond donors (Lipinski definition) is 1. The fourth-order valence-electron chi connectivity index (χ4n) is 1.84. The predicted octanol–water partition coefficient (Wildman–Crippen LogP) is 4.32. The van der Waals surface area contributed by atoms with Gasteiger partial charge in [-0.15, -0.1) is 17.9 Å². The van der Waals surface area contributed by atoms with Gasteiger partial charge in [0, 0.05) is 6.54 Å². The third-order valence-electron chi connectivity index (χ3n) is 2.73. The Morgan fingerprint density at radius 2 is 2.16 bits per heavy atom. The normalized spacial score (nSPS) is 10.9. The zero-order valence-electron chi connectivity index (χ0n) is 10.00. The van der Waals surface area contributed by atoms with E-state index in [1.165, 1.54) is 11.3 Å². The van der Waals surface area contributed by atoms with Gasteiger partial charge in [-0.05, 0) is 24.4 Å². The first kappa shape index (κ1) is 12.5. The standard InChI is InChI=1S/C13H11N3S3/c1-2-7-16-11(14)10(19-13(16)17)12-15-8-5-3-4-6-9(8)18-12/h2-6H,1,7,14H2. The van der Waals surface area contributed by atoms with Gasteiger partial charge < -0.3 is 10.3 Å². The molecule has 1 aromatic carbocycles. The highest BCUT2D eigenvalue weighted by atomic mass is 32.1. The summed E-state index contributed by atoms with van der Waals surface area (Å²) in [6.07, 6.45) is 1.79. The minimum absolute atomic E-state index is 0.631. The van der Waals surface area contributed by atoms with Crippen LogP contribution in [0, 0.1) is 3.95 Å². The Morgan fingerprint density at radius 3 is 2.89 bits per heavy atom. The number of nitrogens with zero attached hydrogens (tertiary/aromatic N) is 2. The maximum atomic E-state index is 6.17. The molecule has 3 rings (SSSR count). The molecule has 0 unspecified atom stereocenters. The minimum Gasteiger partial charge on any atom is -0.384 e. The van der Waals surface area contributed by atoms with E-state index in [0.29, 0.717) is 12.4 Å². The fourth-order valence-corrected chi connectivity index (χ4v) is 4.23. The lowest BCUT2D eigenvalue weighted by molar-refractivity contribution is 0.839. The van der Waals surface area contributed by atoms with E-state index >= 15 is 0 Å². The number of nitrogens with two attached hydrogens (primary N) is 1. The number of nitrogen functional groups attached to an aromatic ring is 1. The fraction of sp³-hybridized carbons (Fsp3) is 0.0769. The molecule has 0 saturated heterocycles. The summed E-state index contributed by atoms with van der Waals surface area (Å²) in [6.45, 7) is 4.35. The summed E-state index contributed by atoms with van der Waals surface area (Å²) in [5, 5.41) is 0.928. The highest BCUT2D eigenvalue weighted by Crippen LogP contribution is 2.37. The molecule has 0 radical (unpaired) electrons. The molecule has 0 spiro atoms. The quantitative estimate of drug-likeness (QED) is 0.579. The number of rotatable bonds is 3. The summed E-state index contributed by atoms with van der Waals surface area (Å²) in [6, 6.07) is 8.07. The van der Waals surface area contributed by atoms with Crippen LogP contribution in [0.1, 0.15) is 0 Å². The van der Waals surface area contributed by atoms with Crippen molar-refractivity contribution in [3.05, 3.63) is 40.9 Å². The number of benzene rings is 1. The number of anilines is 1. The second-order valence-electron chi connectivity index (χ2n) is 3.97. The molecule has 2 N–H and O–H groups in total. The molecule has 0 amide bonds. The predicted molar refractivity (Wildman–Crippen MR) is 86.4 cm³/mol. The molecule has 2 heterocycles. The van der Waals surface area contributed by atoms with Gasteiger partial charge in [-0.2, -0.15) is 0 Å². The number of thiazole rings is 2. The Morgan fingerprint density at radius 1 is 1.37 bits per heavy atom.